The molecule has 4 aromatic rings. The molecule has 2 aromatic heterocycles. The maximum Gasteiger partial charge on any atom is 0.417 e. The molecule has 0 radical (unpaired) electrons. The number of aromatic nitrogens is 2. The molecular weight excluding hydrogens is 618 g/mol. The first-order valence-corrected chi connectivity index (χ1v) is 14.9. The maximum atomic E-state index is 16.8. The molecule has 9 nitrogen and oxygen atoms in total. The van der Waals surface area contributed by atoms with Crippen LogP contribution in [-0.4, -0.2) is 71.6 Å². The van der Waals surface area contributed by atoms with Crippen LogP contribution in [0.15, 0.2) is 22.6 Å². The first-order valence-electron chi connectivity index (χ1n) is 14.9. The summed E-state index contributed by atoms with van der Waals surface area (Å²) in [6.45, 7) is 1.62. The number of nitrogens with two attached hydrogens (primary N) is 1. The van der Waals surface area contributed by atoms with Crippen molar-refractivity contribution in [3.8, 4) is 23.2 Å². The summed E-state index contributed by atoms with van der Waals surface area (Å²) < 4.78 is 107. The second-order valence-corrected chi connectivity index (χ2v) is 12.5. The van der Waals surface area contributed by atoms with E-state index in [4.69, 9.17) is 19.6 Å². The zero-order valence-electron chi connectivity index (χ0n) is 24.1. The van der Waals surface area contributed by atoms with Crippen LogP contribution < -0.4 is 15.4 Å². The van der Waals surface area contributed by atoms with E-state index in [0.717, 1.165) is 31.0 Å². The minimum Gasteiger partial charge on any atom is -0.461 e. The van der Waals surface area contributed by atoms with Crippen molar-refractivity contribution >= 4 is 33.6 Å². The van der Waals surface area contributed by atoms with Crippen LogP contribution in [0.25, 0.3) is 33.0 Å². The highest BCUT2D eigenvalue weighted by Gasteiger charge is 2.49. The maximum absolute atomic E-state index is 16.8. The van der Waals surface area contributed by atoms with E-state index in [9.17, 15) is 27.2 Å². The minimum atomic E-state index is -5.09. The normalized spacial score (nSPS) is 26.0. The molecular formula is C31H26F6N6O3. The van der Waals surface area contributed by atoms with E-state index in [-0.39, 0.29) is 49.0 Å². The highest BCUT2D eigenvalue weighted by molar-refractivity contribution is 6.04. The molecule has 5 fully saturated rings. The fourth-order valence-electron chi connectivity index (χ4n) is 7.67. The molecule has 5 saturated heterocycles. The summed E-state index contributed by atoms with van der Waals surface area (Å²) in [5.74, 6) is -2.85. The van der Waals surface area contributed by atoms with Crippen molar-refractivity contribution in [2.24, 2.45) is 0 Å². The van der Waals surface area contributed by atoms with Crippen LogP contribution in [0.4, 0.5) is 38.0 Å². The van der Waals surface area contributed by atoms with Crippen LogP contribution in [0, 0.1) is 23.0 Å². The van der Waals surface area contributed by atoms with Crippen LogP contribution in [0.5, 0.6) is 6.01 Å². The number of morpholine rings is 1. The van der Waals surface area contributed by atoms with Gasteiger partial charge in [-0.3, -0.25) is 4.90 Å². The van der Waals surface area contributed by atoms with Gasteiger partial charge in [0.15, 0.2) is 17.2 Å². The fraction of sp³-hybridized carbons (Fsp3) is 0.452. The number of nitrogen functional groups attached to an aromatic ring is 1. The molecule has 9 rings (SSSR count). The molecule has 7 heterocycles. The Morgan fingerprint density at radius 1 is 1.15 bits per heavy atom. The number of furan rings is 1. The zero-order valence-corrected chi connectivity index (χ0v) is 24.1. The molecule has 2 N–H and O–H groups in total. The first-order chi connectivity index (χ1) is 22.0. The molecule has 0 aliphatic carbocycles. The summed E-state index contributed by atoms with van der Waals surface area (Å²) >= 11 is 0. The van der Waals surface area contributed by atoms with Gasteiger partial charge in [0.1, 0.15) is 35.7 Å². The molecule has 46 heavy (non-hydrogen) atoms. The number of anilines is 2. The number of piperidine rings is 1. The van der Waals surface area contributed by atoms with E-state index < -0.39 is 74.1 Å². The summed E-state index contributed by atoms with van der Waals surface area (Å²) in [4.78, 5) is 12.5. The molecule has 5 aliphatic heterocycles. The topological polar surface area (TPSA) is 114 Å². The van der Waals surface area contributed by atoms with Crippen molar-refractivity contribution in [1.29, 1.82) is 5.26 Å². The van der Waals surface area contributed by atoms with Gasteiger partial charge in [0.2, 0.25) is 5.88 Å². The van der Waals surface area contributed by atoms with Crippen LogP contribution in [0.3, 0.4) is 0 Å². The third kappa shape index (κ3) is 4.37. The molecule has 4 atom stereocenters. The monoisotopic (exact) mass is 644 g/mol. The summed E-state index contributed by atoms with van der Waals surface area (Å²) in [7, 11) is 0. The second-order valence-electron chi connectivity index (χ2n) is 12.5. The first kappa shape index (κ1) is 29.1. The molecule has 5 aliphatic rings. The third-order valence-electron chi connectivity index (χ3n) is 9.68. The lowest BCUT2D eigenvalue weighted by molar-refractivity contribution is -0.137. The van der Waals surface area contributed by atoms with Crippen molar-refractivity contribution in [2.75, 3.05) is 43.4 Å². The Morgan fingerprint density at radius 3 is 2.63 bits per heavy atom. The number of halogens is 6. The van der Waals surface area contributed by atoms with E-state index >= 15 is 4.39 Å². The largest absolute Gasteiger partial charge is 0.461 e. The number of alkyl halides is 4. The Hall–Kier alpha value is -4.29. The van der Waals surface area contributed by atoms with Gasteiger partial charge in [0, 0.05) is 43.4 Å². The molecule has 0 spiro atoms. The zero-order chi connectivity index (χ0) is 32.1. The van der Waals surface area contributed by atoms with E-state index in [0.29, 0.717) is 26.1 Å². The number of hydrogen-bond acceptors (Lipinski definition) is 9. The van der Waals surface area contributed by atoms with Gasteiger partial charge in [-0.1, -0.05) is 6.07 Å². The minimum absolute atomic E-state index is 0.0141. The summed E-state index contributed by atoms with van der Waals surface area (Å²) in [6.07, 6.45) is -3.86. The lowest BCUT2D eigenvalue weighted by Gasteiger charge is -2.47. The Bertz CT molecular complexity index is 1940. The highest BCUT2D eigenvalue weighted by atomic mass is 19.4. The number of benzene rings is 2. The van der Waals surface area contributed by atoms with E-state index in [2.05, 4.69) is 9.97 Å². The Morgan fingerprint density at radius 2 is 1.91 bits per heavy atom. The average Bonchev–Trinajstić information content (AvgIpc) is 3.65. The fourth-order valence-corrected chi connectivity index (χ4v) is 7.67. The van der Waals surface area contributed by atoms with Crippen LogP contribution in [0.1, 0.15) is 36.8 Å². The number of nitriles is 1. The molecule has 0 amide bonds. The van der Waals surface area contributed by atoms with Gasteiger partial charge < -0.3 is 24.5 Å². The van der Waals surface area contributed by atoms with Gasteiger partial charge in [0.05, 0.1) is 28.7 Å². The molecule has 15 heteroatoms. The highest BCUT2D eigenvalue weighted by Crippen LogP contribution is 2.48. The van der Waals surface area contributed by atoms with Crippen molar-refractivity contribution in [3.05, 3.63) is 41.0 Å². The van der Waals surface area contributed by atoms with Gasteiger partial charge in [0.25, 0.3) is 0 Å². The van der Waals surface area contributed by atoms with Crippen LogP contribution in [0.2, 0.25) is 0 Å². The average molecular weight is 645 g/mol. The Kier molecular flexibility index (Phi) is 6.40. The van der Waals surface area contributed by atoms with Gasteiger partial charge in [-0.05, 0) is 37.1 Å². The quantitative estimate of drug-likeness (QED) is 0.272. The van der Waals surface area contributed by atoms with Gasteiger partial charge in [-0.25, -0.2) is 13.2 Å². The number of nitrogens with zero attached hydrogens (tertiary/aromatic N) is 5. The van der Waals surface area contributed by atoms with Crippen LogP contribution >= 0.6 is 0 Å². The third-order valence-corrected chi connectivity index (χ3v) is 9.68. The van der Waals surface area contributed by atoms with E-state index in [1.165, 1.54) is 0 Å². The van der Waals surface area contributed by atoms with Gasteiger partial charge in [-0.2, -0.15) is 28.4 Å². The van der Waals surface area contributed by atoms with Gasteiger partial charge in [-0.15, -0.1) is 0 Å². The van der Waals surface area contributed by atoms with E-state index in [1.807, 2.05) is 4.90 Å². The molecule has 4 unspecified atom stereocenters. The van der Waals surface area contributed by atoms with Crippen molar-refractivity contribution in [1.82, 2.24) is 14.9 Å². The second kappa shape index (κ2) is 10.1. The Labute approximate surface area is 257 Å². The predicted molar refractivity (Wildman–Crippen MR) is 153 cm³/mol. The number of fused-ring (bicyclic) bond motifs is 5. The molecule has 240 valence electrons. The summed E-state index contributed by atoms with van der Waals surface area (Å²) in [5.41, 5.74) is 0.893. The van der Waals surface area contributed by atoms with Gasteiger partial charge >= 0.3 is 12.2 Å². The number of rotatable bonds is 5. The number of hydrogen-bond donors (Lipinski definition) is 1. The lowest BCUT2D eigenvalue weighted by Crippen LogP contribution is -2.57. The number of ether oxygens (including phenoxy) is 2. The molecule has 2 bridgehead atoms. The lowest BCUT2D eigenvalue weighted by atomic mass is 9.92. The van der Waals surface area contributed by atoms with Crippen molar-refractivity contribution < 1.29 is 40.2 Å². The van der Waals surface area contributed by atoms with Crippen molar-refractivity contribution in [3.63, 3.8) is 0 Å². The van der Waals surface area contributed by atoms with Crippen LogP contribution in [-0.2, 0) is 10.9 Å². The Balaban J connectivity index is 1.34. The summed E-state index contributed by atoms with van der Waals surface area (Å²) in [5, 5.41) is 9.09. The molecule has 0 saturated carbocycles. The van der Waals surface area contributed by atoms with Crippen molar-refractivity contribution in [2.45, 2.75) is 55.8 Å². The van der Waals surface area contributed by atoms with E-state index in [1.54, 1.807) is 11.0 Å². The standard InChI is InChI=1S/C31H26F6N6O3/c32-14-8-30(4-1-5-43(30)10-14)13-44-29-40-25-18(28(41-29)42-11-15-6-16(12-42)45-15)7-20(31(35,36)37)23(24(25)34)17-2-3-21(33)26-22(17)19(9-38)27(39)46-26/h2-3,7,14-16H,1,4-6,8,10-13,39H2. The predicted octanol–water partition coefficient (Wildman–Crippen LogP) is 5.73. The smallest absolute Gasteiger partial charge is 0.417 e. The molecule has 2 aromatic carbocycles. The summed E-state index contributed by atoms with van der Waals surface area (Å²) in [6, 6.07) is 3.98. The SMILES string of the molecule is N#Cc1c(N)oc2c(F)ccc(-c3c(C(F)(F)F)cc4c(N5CC6CC(C5)O6)nc(OCC56CCCN5CC(F)C6)nc4c3F)c12.